The fraction of sp³-hybridized carbons (Fsp3) is 0.500. The van der Waals surface area contributed by atoms with Crippen molar-refractivity contribution in [3.8, 4) is 0 Å². The summed E-state index contributed by atoms with van der Waals surface area (Å²) in [4.78, 5) is 12.4. The second-order valence-corrected chi connectivity index (χ2v) is 5.50. The molecule has 3 N–H and O–H groups in total. The number of unbranched alkanes of at least 4 members (excludes halogenated alkanes) is 1. The Balaban J connectivity index is 2.63. The Morgan fingerprint density at radius 2 is 1.90 bits per heavy atom. The number of thiocarbonyl (C=S) groups is 1. The van der Waals surface area contributed by atoms with Crippen molar-refractivity contribution in [2.75, 3.05) is 5.32 Å². The lowest BCUT2D eigenvalue weighted by molar-refractivity contribution is -0.118. The van der Waals surface area contributed by atoms with Gasteiger partial charge in [0.25, 0.3) is 0 Å². The number of rotatable bonds is 8. The summed E-state index contributed by atoms with van der Waals surface area (Å²) in [5.74, 6) is -0.490. The Morgan fingerprint density at radius 1 is 1.25 bits per heavy atom. The molecule has 0 saturated carbocycles. The summed E-state index contributed by atoms with van der Waals surface area (Å²) >= 11 is 4.96. The fourth-order valence-electron chi connectivity index (χ4n) is 2.06. The average molecular weight is 292 g/mol. The Hall–Kier alpha value is -1.42. The van der Waals surface area contributed by atoms with Crippen LogP contribution in [0.25, 0.3) is 0 Å². The predicted octanol–water partition coefficient (Wildman–Crippen LogP) is 3.67. The van der Waals surface area contributed by atoms with Crippen LogP contribution in [0.5, 0.6) is 0 Å². The van der Waals surface area contributed by atoms with Gasteiger partial charge in [0.15, 0.2) is 0 Å². The van der Waals surface area contributed by atoms with Gasteiger partial charge in [-0.25, -0.2) is 0 Å². The van der Waals surface area contributed by atoms with E-state index in [1.807, 2.05) is 19.1 Å². The topological polar surface area (TPSA) is 55.1 Å². The van der Waals surface area contributed by atoms with Crippen LogP contribution in [0, 0.1) is 5.92 Å². The largest absolute Gasteiger partial charge is 0.393 e. The van der Waals surface area contributed by atoms with Crippen LogP contribution < -0.4 is 11.1 Å². The van der Waals surface area contributed by atoms with E-state index in [4.69, 9.17) is 18.0 Å². The van der Waals surface area contributed by atoms with Gasteiger partial charge in [-0.15, -0.1) is 0 Å². The van der Waals surface area contributed by atoms with Crippen molar-refractivity contribution in [1.82, 2.24) is 0 Å². The normalized spacial score (nSPS) is 11.9. The van der Waals surface area contributed by atoms with Gasteiger partial charge in [0.05, 0.1) is 10.9 Å². The molecular weight excluding hydrogens is 268 g/mol. The van der Waals surface area contributed by atoms with Crippen molar-refractivity contribution >= 4 is 28.8 Å². The average Bonchev–Trinajstić information content (AvgIpc) is 2.43. The van der Waals surface area contributed by atoms with Gasteiger partial charge < -0.3 is 11.1 Å². The number of amides is 1. The number of nitrogens with one attached hydrogen (secondary N) is 1. The molecule has 20 heavy (non-hydrogen) atoms. The van der Waals surface area contributed by atoms with Crippen LogP contribution in [0.1, 0.15) is 45.1 Å². The lowest BCUT2D eigenvalue weighted by Crippen LogP contribution is -2.33. The molecule has 1 aromatic rings. The highest BCUT2D eigenvalue weighted by Crippen LogP contribution is 2.15. The predicted molar refractivity (Wildman–Crippen MR) is 88.9 cm³/mol. The second kappa shape index (κ2) is 8.69. The molecule has 110 valence electrons. The zero-order valence-electron chi connectivity index (χ0n) is 12.3. The minimum absolute atomic E-state index is 0.111. The summed E-state index contributed by atoms with van der Waals surface area (Å²) < 4.78 is 0. The molecule has 0 aliphatic carbocycles. The molecule has 0 spiro atoms. The molecule has 0 aliphatic rings. The lowest BCUT2D eigenvalue weighted by Gasteiger charge is -2.14. The van der Waals surface area contributed by atoms with E-state index in [1.54, 1.807) is 0 Å². The summed E-state index contributed by atoms with van der Waals surface area (Å²) in [6.45, 7) is 4.19. The molecule has 0 heterocycles. The first-order chi connectivity index (χ1) is 9.58. The monoisotopic (exact) mass is 292 g/mol. The summed E-state index contributed by atoms with van der Waals surface area (Å²) in [6.07, 6.45) is 5.02. The van der Waals surface area contributed by atoms with Gasteiger partial charge in [-0.05, 0) is 37.0 Å². The smallest absolute Gasteiger partial charge is 0.234 e. The Labute approximate surface area is 126 Å². The maximum Gasteiger partial charge on any atom is 0.234 e. The number of carbonyl (C=O) groups is 1. The molecule has 0 fully saturated rings. The molecule has 1 atom stereocenters. The third-order valence-electron chi connectivity index (χ3n) is 3.28. The van der Waals surface area contributed by atoms with Crippen LogP contribution >= 0.6 is 12.2 Å². The van der Waals surface area contributed by atoms with Crippen molar-refractivity contribution in [2.45, 2.75) is 46.0 Å². The molecule has 0 radical (unpaired) electrons. The molecule has 0 aromatic heterocycles. The molecule has 4 heteroatoms. The third kappa shape index (κ3) is 5.29. The quantitative estimate of drug-likeness (QED) is 0.719. The summed E-state index contributed by atoms with van der Waals surface area (Å²) in [5.41, 5.74) is 7.72. The van der Waals surface area contributed by atoms with Crippen molar-refractivity contribution in [3.63, 3.8) is 0 Å². The number of hydrogen-bond acceptors (Lipinski definition) is 2. The molecule has 0 saturated heterocycles. The highest BCUT2D eigenvalue weighted by Gasteiger charge is 2.20. The molecule has 1 unspecified atom stereocenters. The number of carbonyl (C=O) groups excluding carboxylic acids is 1. The Bertz CT molecular complexity index is 442. The lowest BCUT2D eigenvalue weighted by atomic mass is 10.0. The van der Waals surface area contributed by atoms with E-state index in [0.717, 1.165) is 18.5 Å². The molecule has 1 amide bonds. The van der Waals surface area contributed by atoms with Gasteiger partial charge in [-0.3, -0.25) is 4.79 Å². The van der Waals surface area contributed by atoms with Crippen molar-refractivity contribution < 1.29 is 4.79 Å². The zero-order valence-corrected chi connectivity index (χ0v) is 13.1. The number of hydrogen-bond donors (Lipinski definition) is 2. The highest BCUT2D eigenvalue weighted by atomic mass is 32.1. The summed E-state index contributed by atoms with van der Waals surface area (Å²) in [6, 6.07) is 7.98. The van der Waals surface area contributed by atoms with Crippen molar-refractivity contribution in [3.05, 3.63) is 29.8 Å². The van der Waals surface area contributed by atoms with E-state index in [2.05, 4.69) is 24.4 Å². The van der Waals surface area contributed by atoms with E-state index >= 15 is 0 Å². The minimum Gasteiger partial charge on any atom is -0.393 e. The molecular formula is C16H24N2OS. The molecule has 0 aliphatic heterocycles. The Morgan fingerprint density at radius 3 is 2.40 bits per heavy atom. The summed E-state index contributed by atoms with van der Waals surface area (Å²) in [7, 11) is 0. The Kier molecular flexibility index (Phi) is 7.23. The number of benzene rings is 1. The number of anilines is 1. The number of aryl methyl sites for hydroxylation is 1. The second-order valence-electron chi connectivity index (χ2n) is 5.03. The van der Waals surface area contributed by atoms with E-state index < -0.39 is 0 Å². The van der Waals surface area contributed by atoms with Crippen molar-refractivity contribution in [2.24, 2.45) is 11.7 Å². The van der Waals surface area contributed by atoms with E-state index in [-0.39, 0.29) is 16.8 Å². The first-order valence-electron chi connectivity index (χ1n) is 7.27. The van der Waals surface area contributed by atoms with E-state index in [1.165, 1.54) is 18.4 Å². The van der Waals surface area contributed by atoms with Crippen LogP contribution in [0.3, 0.4) is 0 Å². The van der Waals surface area contributed by atoms with E-state index in [0.29, 0.717) is 6.42 Å². The zero-order chi connectivity index (χ0) is 15.0. The fourth-order valence-corrected chi connectivity index (χ4v) is 2.28. The van der Waals surface area contributed by atoms with Crippen LogP contribution in [0.2, 0.25) is 0 Å². The van der Waals surface area contributed by atoms with Crippen molar-refractivity contribution in [1.29, 1.82) is 0 Å². The SMILES string of the molecule is CCCCc1ccc(NC(=O)C(CCC)C(N)=S)cc1. The van der Waals surface area contributed by atoms with Crippen LogP contribution in [-0.2, 0) is 11.2 Å². The first kappa shape index (κ1) is 16.6. The van der Waals surface area contributed by atoms with Gasteiger partial charge in [0, 0.05) is 5.69 Å². The van der Waals surface area contributed by atoms with Gasteiger partial charge in [-0.1, -0.05) is 51.0 Å². The molecule has 1 rings (SSSR count). The van der Waals surface area contributed by atoms with E-state index in [9.17, 15) is 4.79 Å². The molecule has 3 nitrogen and oxygen atoms in total. The molecule has 1 aromatic carbocycles. The first-order valence-corrected chi connectivity index (χ1v) is 7.68. The maximum atomic E-state index is 12.1. The maximum absolute atomic E-state index is 12.1. The standard InChI is InChI=1S/C16H24N2OS/c1-3-5-7-12-8-10-13(11-9-12)18-16(19)14(6-4-2)15(17)20/h8-11,14H,3-7H2,1-2H3,(H2,17,20)(H,18,19). The van der Waals surface area contributed by atoms with Gasteiger partial charge in [0.1, 0.15) is 0 Å². The van der Waals surface area contributed by atoms with Crippen LogP contribution in [0.15, 0.2) is 24.3 Å². The van der Waals surface area contributed by atoms with Crippen LogP contribution in [-0.4, -0.2) is 10.9 Å². The third-order valence-corrected chi connectivity index (χ3v) is 3.56. The number of nitrogens with two attached hydrogens (primary N) is 1. The minimum atomic E-state index is -0.380. The molecule has 0 bridgehead atoms. The van der Waals surface area contributed by atoms with Gasteiger partial charge in [0.2, 0.25) is 5.91 Å². The van der Waals surface area contributed by atoms with Gasteiger partial charge >= 0.3 is 0 Å². The highest BCUT2D eigenvalue weighted by molar-refractivity contribution is 7.80. The summed E-state index contributed by atoms with van der Waals surface area (Å²) in [5, 5.41) is 2.89. The van der Waals surface area contributed by atoms with Gasteiger partial charge in [-0.2, -0.15) is 0 Å². The van der Waals surface area contributed by atoms with Crippen LogP contribution in [0.4, 0.5) is 5.69 Å².